The van der Waals surface area contributed by atoms with E-state index in [1.807, 2.05) is 0 Å². The van der Waals surface area contributed by atoms with Gasteiger partial charge in [0.15, 0.2) is 0 Å². The average Bonchev–Trinajstić information content (AvgIpc) is 2.46. The summed E-state index contributed by atoms with van der Waals surface area (Å²) in [5, 5.41) is 3.38. The van der Waals surface area contributed by atoms with Gasteiger partial charge >= 0.3 is 0 Å². The maximum Gasteiger partial charge on any atom is 0.0747 e. The van der Waals surface area contributed by atoms with E-state index in [2.05, 4.69) is 64.0 Å². The van der Waals surface area contributed by atoms with Crippen LogP contribution in [0.25, 0.3) is 0 Å². The highest BCUT2D eigenvalue weighted by atomic mass is 79.9. The van der Waals surface area contributed by atoms with Crippen molar-refractivity contribution in [2.45, 2.75) is 32.6 Å². The fourth-order valence-corrected chi connectivity index (χ4v) is 4.85. The molecule has 0 aliphatic carbocycles. The van der Waals surface area contributed by atoms with Gasteiger partial charge in [0.05, 0.1) is 7.57 Å². The van der Waals surface area contributed by atoms with E-state index in [-0.39, 0.29) is 5.41 Å². The summed E-state index contributed by atoms with van der Waals surface area (Å²) in [4.78, 5) is 0. The first kappa shape index (κ1) is 13.7. The van der Waals surface area contributed by atoms with E-state index in [0.29, 0.717) is 0 Å². The zero-order valence-corrected chi connectivity index (χ0v) is 13.4. The molecule has 1 rings (SSSR count). The van der Waals surface area contributed by atoms with Crippen molar-refractivity contribution in [1.82, 2.24) is 5.32 Å². The van der Waals surface area contributed by atoms with E-state index >= 15 is 0 Å². The van der Waals surface area contributed by atoms with Crippen molar-refractivity contribution in [1.29, 1.82) is 0 Å². The van der Waals surface area contributed by atoms with Crippen LogP contribution in [0.5, 0.6) is 0 Å². The van der Waals surface area contributed by atoms with Gasteiger partial charge in [0.25, 0.3) is 0 Å². The first-order chi connectivity index (χ1) is 6.97. The van der Waals surface area contributed by atoms with Gasteiger partial charge in [-0.05, 0) is 68.4 Å². The van der Waals surface area contributed by atoms with E-state index in [9.17, 15) is 0 Å². The van der Waals surface area contributed by atoms with Crippen molar-refractivity contribution in [2.24, 2.45) is 0 Å². The van der Waals surface area contributed by atoms with Crippen LogP contribution >= 0.6 is 43.2 Å². The average molecular weight is 355 g/mol. The van der Waals surface area contributed by atoms with Crippen molar-refractivity contribution in [3.05, 3.63) is 19.2 Å². The molecule has 1 heterocycles. The molecule has 1 N–H and O–H groups in total. The van der Waals surface area contributed by atoms with Crippen LogP contribution in [0.1, 0.15) is 32.8 Å². The van der Waals surface area contributed by atoms with Crippen LogP contribution in [0.2, 0.25) is 0 Å². The minimum absolute atomic E-state index is 0.226. The summed E-state index contributed by atoms with van der Waals surface area (Å²) < 4.78 is 2.44. The molecular formula is C11H17Br2NS. The van der Waals surface area contributed by atoms with E-state index in [1.165, 1.54) is 13.1 Å². The third kappa shape index (κ3) is 3.84. The van der Waals surface area contributed by atoms with E-state index < -0.39 is 0 Å². The lowest BCUT2D eigenvalue weighted by Crippen LogP contribution is -2.25. The van der Waals surface area contributed by atoms with Crippen molar-refractivity contribution in [2.75, 3.05) is 13.1 Å². The quantitative estimate of drug-likeness (QED) is 0.765. The molecule has 0 radical (unpaired) electrons. The van der Waals surface area contributed by atoms with Crippen molar-refractivity contribution < 1.29 is 0 Å². The Labute approximate surface area is 113 Å². The minimum atomic E-state index is 0.226. The Morgan fingerprint density at radius 3 is 2.53 bits per heavy atom. The summed E-state index contributed by atoms with van der Waals surface area (Å²) in [6.07, 6.45) is 1.16. The summed E-state index contributed by atoms with van der Waals surface area (Å²) in [5.41, 5.74) is 1.63. The minimum Gasteiger partial charge on any atom is -0.317 e. The fourth-order valence-electron chi connectivity index (χ4n) is 1.51. The van der Waals surface area contributed by atoms with Crippen LogP contribution in [0, 0.1) is 0 Å². The molecule has 0 aliphatic heterocycles. The van der Waals surface area contributed by atoms with Gasteiger partial charge in [-0.3, -0.25) is 0 Å². The fraction of sp³-hybridized carbons (Fsp3) is 0.636. The molecule has 0 atom stereocenters. The molecule has 0 saturated heterocycles. The first-order valence-electron chi connectivity index (χ1n) is 5.13. The van der Waals surface area contributed by atoms with Crippen molar-refractivity contribution >= 4 is 43.2 Å². The van der Waals surface area contributed by atoms with Gasteiger partial charge in [-0.1, -0.05) is 20.8 Å². The maximum atomic E-state index is 3.63. The van der Waals surface area contributed by atoms with Crippen LogP contribution in [0.4, 0.5) is 0 Å². The third-order valence-corrected chi connectivity index (χ3v) is 4.90. The first-order valence-corrected chi connectivity index (χ1v) is 7.53. The topological polar surface area (TPSA) is 12.0 Å². The molecule has 0 aliphatic rings. The predicted molar refractivity (Wildman–Crippen MR) is 75.9 cm³/mol. The Hall–Kier alpha value is 0.620. The van der Waals surface area contributed by atoms with Gasteiger partial charge in [0.2, 0.25) is 0 Å². The molecule has 0 saturated carbocycles. The van der Waals surface area contributed by atoms with Gasteiger partial charge in [0, 0.05) is 0 Å². The van der Waals surface area contributed by atoms with E-state index in [0.717, 1.165) is 19.5 Å². The lowest BCUT2D eigenvalue weighted by atomic mass is 9.83. The SMILES string of the molecule is CCNCCC(C)(C)c1cc(Br)sc1Br. The number of hydrogen-bond donors (Lipinski definition) is 1. The Morgan fingerprint density at radius 2 is 2.07 bits per heavy atom. The highest BCUT2D eigenvalue weighted by molar-refractivity contribution is 9.12. The summed E-state index contributed by atoms with van der Waals surface area (Å²) in [5.74, 6) is 0. The molecular weight excluding hydrogens is 338 g/mol. The summed E-state index contributed by atoms with van der Waals surface area (Å²) in [6.45, 7) is 8.85. The second kappa shape index (κ2) is 5.80. The Morgan fingerprint density at radius 1 is 1.40 bits per heavy atom. The maximum absolute atomic E-state index is 3.63. The molecule has 1 aromatic heterocycles. The molecule has 1 aromatic rings. The second-order valence-corrected chi connectivity index (χ2v) is 7.97. The van der Waals surface area contributed by atoms with Gasteiger partial charge in [-0.25, -0.2) is 0 Å². The Bertz CT molecular complexity index is 320. The monoisotopic (exact) mass is 353 g/mol. The summed E-state index contributed by atoms with van der Waals surface area (Å²) in [7, 11) is 0. The zero-order valence-electron chi connectivity index (χ0n) is 9.36. The largest absolute Gasteiger partial charge is 0.317 e. The lowest BCUT2D eigenvalue weighted by Gasteiger charge is -2.24. The number of halogens is 2. The van der Waals surface area contributed by atoms with Gasteiger partial charge in [-0.15, -0.1) is 11.3 Å². The molecule has 0 spiro atoms. The second-order valence-electron chi connectivity index (χ2n) is 4.23. The van der Waals surface area contributed by atoms with Crippen LogP contribution in [0.15, 0.2) is 13.6 Å². The molecule has 0 aromatic carbocycles. The van der Waals surface area contributed by atoms with Gasteiger partial charge in [0.1, 0.15) is 0 Å². The molecule has 4 heteroatoms. The molecule has 0 amide bonds. The smallest absolute Gasteiger partial charge is 0.0747 e. The van der Waals surface area contributed by atoms with Crippen LogP contribution in [-0.2, 0) is 5.41 Å². The molecule has 86 valence electrons. The highest BCUT2D eigenvalue weighted by Crippen LogP contribution is 2.40. The zero-order chi connectivity index (χ0) is 11.5. The lowest BCUT2D eigenvalue weighted by molar-refractivity contribution is 0.461. The number of hydrogen-bond acceptors (Lipinski definition) is 2. The van der Waals surface area contributed by atoms with E-state index in [4.69, 9.17) is 0 Å². The third-order valence-electron chi connectivity index (χ3n) is 2.56. The normalized spacial score (nSPS) is 12.1. The van der Waals surface area contributed by atoms with Crippen LogP contribution in [0.3, 0.4) is 0 Å². The standard InChI is InChI=1S/C11H17Br2NS/c1-4-14-6-5-11(2,3)8-7-9(12)15-10(8)13/h7,14H,4-6H2,1-3H3. The van der Waals surface area contributed by atoms with Crippen molar-refractivity contribution in [3.63, 3.8) is 0 Å². The van der Waals surface area contributed by atoms with E-state index in [1.54, 1.807) is 11.3 Å². The number of thiophene rings is 1. The van der Waals surface area contributed by atoms with Crippen LogP contribution in [-0.4, -0.2) is 13.1 Å². The molecule has 0 unspecified atom stereocenters. The molecule has 0 fully saturated rings. The molecule has 1 nitrogen and oxygen atoms in total. The summed E-state index contributed by atoms with van der Waals surface area (Å²) in [6, 6.07) is 2.22. The summed E-state index contributed by atoms with van der Waals surface area (Å²) >= 11 is 8.91. The molecule has 15 heavy (non-hydrogen) atoms. The van der Waals surface area contributed by atoms with Crippen LogP contribution < -0.4 is 5.32 Å². The number of nitrogens with one attached hydrogen (secondary N) is 1. The number of rotatable bonds is 5. The Kier molecular flexibility index (Phi) is 5.29. The predicted octanol–water partition coefficient (Wildman–Crippen LogP) is 4.55. The Balaban J connectivity index is 2.71. The van der Waals surface area contributed by atoms with Crippen molar-refractivity contribution in [3.8, 4) is 0 Å². The van der Waals surface area contributed by atoms with Gasteiger partial charge < -0.3 is 5.32 Å². The van der Waals surface area contributed by atoms with Gasteiger partial charge in [-0.2, -0.15) is 0 Å². The highest BCUT2D eigenvalue weighted by Gasteiger charge is 2.24. The molecule has 0 bridgehead atoms.